The predicted octanol–water partition coefficient (Wildman–Crippen LogP) is 2.38. The van der Waals surface area contributed by atoms with E-state index >= 15 is 0 Å². The third-order valence-corrected chi connectivity index (χ3v) is 2.87. The van der Waals surface area contributed by atoms with Gasteiger partial charge in [0, 0.05) is 24.1 Å². The molecule has 1 aromatic heterocycles. The summed E-state index contributed by atoms with van der Waals surface area (Å²) in [6, 6.07) is 4.87. The molecule has 1 heterocycles. The Morgan fingerprint density at radius 1 is 1.47 bits per heavy atom. The van der Waals surface area contributed by atoms with Crippen molar-refractivity contribution < 1.29 is 4.39 Å². The predicted molar refractivity (Wildman–Crippen MR) is 60.3 cm³/mol. The first-order chi connectivity index (χ1) is 7.13. The zero-order valence-corrected chi connectivity index (χ0v) is 9.00. The van der Waals surface area contributed by atoms with E-state index in [1.54, 1.807) is 12.1 Å². The van der Waals surface area contributed by atoms with E-state index in [4.69, 9.17) is 5.73 Å². The number of nitrogens with two attached hydrogens (primary N) is 1. The fraction of sp³-hybridized carbons (Fsp3) is 0.333. The Labute approximate surface area is 88.5 Å². The molecule has 0 radical (unpaired) electrons. The maximum atomic E-state index is 13.2. The van der Waals surface area contributed by atoms with E-state index in [9.17, 15) is 4.39 Å². The molecule has 1 unspecified atom stereocenters. The van der Waals surface area contributed by atoms with Gasteiger partial charge in [0.15, 0.2) is 0 Å². The van der Waals surface area contributed by atoms with Gasteiger partial charge in [0.05, 0.1) is 0 Å². The summed E-state index contributed by atoms with van der Waals surface area (Å²) in [6.07, 6.45) is 2.03. The van der Waals surface area contributed by atoms with Crippen LogP contribution in [0.25, 0.3) is 10.9 Å². The van der Waals surface area contributed by atoms with Crippen LogP contribution in [-0.2, 0) is 7.05 Å². The minimum atomic E-state index is -0.195. The molecule has 0 aliphatic rings. The lowest BCUT2D eigenvalue weighted by molar-refractivity contribution is 0.629. The summed E-state index contributed by atoms with van der Waals surface area (Å²) in [5, 5.41) is 0.968. The van der Waals surface area contributed by atoms with Gasteiger partial charge in [0.1, 0.15) is 5.82 Å². The van der Waals surface area contributed by atoms with Crippen LogP contribution in [0.3, 0.4) is 0 Å². The molecule has 0 aliphatic carbocycles. The van der Waals surface area contributed by atoms with Crippen molar-refractivity contribution in [1.82, 2.24) is 4.57 Å². The normalized spacial score (nSPS) is 13.3. The largest absolute Gasteiger partial charge is 0.350 e. The molecular weight excluding hydrogens is 191 g/mol. The van der Waals surface area contributed by atoms with Crippen molar-refractivity contribution in [3.63, 3.8) is 0 Å². The topological polar surface area (TPSA) is 30.9 Å². The van der Waals surface area contributed by atoms with Crippen molar-refractivity contribution in [3.8, 4) is 0 Å². The molecule has 15 heavy (non-hydrogen) atoms. The molecule has 0 spiro atoms. The van der Waals surface area contributed by atoms with E-state index in [-0.39, 0.29) is 11.7 Å². The quantitative estimate of drug-likeness (QED) is 0.803. The second kappa shape index (κ2) is 3.66. The van der Waals surface area contributed by atoms with Crippen molar-refractivity contribution in [3.05, 3.63) is 35.8 Å². The van der Waals surface area contributed by atoms with Gasteiger partial charge in [0.25, 0.3) is 0 Å². The molecule has 0 aliphatic heterocycles. The summed E-state index contributed by atoms with van der Waals surface area (Å²) < 4.78 is 15.2. The summed E-state index contributed by atoms with van der Waals surface area (Å²) in [7, 11) is 1.97. The number of hydrogen-bond acceptors (Lipinski definition) is 1. The second-order valence-electron chi connectivity index (χ2n) is 3.99. The Balaban J connectivity index is 2.69. The highest BCUT2D eigenvalue weighted by Gasteiger charge is 2.12. The van der Waals surface area contributed by atoms with Crippen LogP contribution in [0.2, 0.25) is 0 Å². The Bertz CT molecular complexity index is 488. The molecule has 2 N–H and O–H groups in total. The molecule has 0 fully saturated rings. The highest BCUT2D eigenvalue weighted by molar-refractivity contribution is 5.84. The molecule has 3 heteroatoms. The summed E-state index contributed by atoms with van der Waals surface area (Å²) in [4.78, 5) is 0. The van der Waals surface area contributed by atoms with Crippen molar-refractivity contribution in [2.45, 2.75) is 12.8 Å². The number of rotatable bonds is 2. The number of benzene rings is 1. The highest BCUT2D eigenvalue weighted by atomic mass is 19.1. The van der Waals surface area contributed by atoms with Crippen LogP contribution in [0, 0.1) is 5.82 Å². The van der Waals surface area contributed by atoms with Crippen LogP contribution in [0.5, 0.6) is 0 Å². The van der Waals surface area contributed by atoms with Gasteiger partial charge in [-0.3, -0.25) is 0 Å². The smallest absolute Gasteiger partial charge is 0.123 e. The molecule has 2 aromatic rings. The monoisotopic (exact) mass is 206 g/mol. The van der Waals surface area contributed by atoms with E-state index in [1.807, 2.05) is 17.8 Å². The number of halogens is 1. The molecule has 2 nitrogen and oxygen atoms in total. The Morgan fingerprint density at radius 3 is 2.87 bits per heavy atom. The third kappa shape index (κ3) is 1.63. The van der Waals surface area contributed by atoms with Gasteiger partial charge in [-0.1, -0.05) is 6.92 Å². The number of aryl methyl sites for hydroxylation is 1. The zero-order chi connectivity index (χ0) is 11.0. The van der Waals surface area contributed by atoms with Crippen molar-refractivity contribution in [1.29, 1.82) is 0 Å². The minimum absolute atomic E-state index is 0.195. The summed E-state index contributed by atoms with van der Waals surface area (Å²) >= 11 is 0. The zero-order valence-electron chi connectivity index (χ0n) is 9.00. The number of aromatic nitrogens is 1. The lowest BCUT2D eigenvalue weighted by Crippen LogP contribution is -2.08. The third-order valence-electron chi connectivity index (χ3n) is 2.87. The first-order valence-electron chi connectivity index (χ1n) is 5.08. The Hall–Kier alpha value is -1.35. The molecule has 0 saturated heterocycles. The average molecular weight is 206 g/mol. The Morgan fingerprint density at radius 2 is 2.20 bits per heavy atom. The van der Waals surface area contributed by atoms with Gasteiger partial charge in [-0.15, -0.1) is 0 Å². The minimum Gasteiger partial charge on any atom is -0.350 e. The van der Waals surface area contributed by atoms with Gasteiger partial charge in [-0.25, -0.2) is 4.39 Å². The van der Waals surface area contributed by atoms with Crippen LogP contribution in [0.15, 0.2) is 24.4 Å². The molecule has 1 aromatic carbocycles. The molecular formula is C12H15FN2. The molecule has 80 valence electrons. The van der Waals surface area contributed by atoms with Crippen LogP contribution in [0.1, 0.15) is 18.4 Å². The maximum Gasteiger partial charge on any atom is 0.123 e. The van der Waals surface area contributed by atoms with Gasteiger partial charge in [-0.2, -0.15) is 0 Å². The van der Waals surface area contributed by atoms with Crippen LogP contribution in [-0.4, -0.2) is 11.1 Å². The number of hydrogen-bond donors (Lipinski definition) is 1. The van der Waals surface area contributed by atoms with Gasteiger partial charge >= 0.3 is 0 Å². The van der Waals surface area contributed by atoms with Gasteiger partial charge < -0.3 is 10.3 Å². The SMILES string of the molecule is CC(CN)c1cn(C)c2ccc(F)cc12. The van der Waals surface area contributed by atoms with E-state index < -0.39 is 0 Å². The standard InChI is InChI=1S/C12H15FN2/c1-8(6-14)11-7-15(2)12-4-3-9(13)5-10(11)12/h3-5,7-8H,6,14H2,1-2H3. The molecule has 2 rings (SSSR count). The lowest BCUT2D eigenvalue weighted by Gasteiger charge is -2.06. The van der Waals surface area contributed by atoms with Crippen molar-refractivity contribution in [2.75, 3.05) is 6.54 Å². The van der Waals surface area contributed by atoms with E-state index in [1.165, 1.54) is 6.07 Å². The second-order valence-corrected chi connectivity index (χ2v) is 3.99. The van der Waals surface area contributed by atoms with E-state index in [0.29, 0.717) is 6.54 Å². The van der Waals surface area contributed by atoms with Gasteiger partial charge in [-0.05, 0) is 36.2 Å². The number of fused-ring (bicyclic) bond motifs is 1. The van der Waals surface area contributed by atoms with E-state index in [2.05, 4.69) is 6.92 Å². The van der Waals surface area contributed by atoms with Crippen LogP contribution < -0.4 is 5.73 Å². The van der Waals surface area contributed by atoms with Gasteiger partial charge in [0.2, 0.25) is 0 Å². The van der Waals surface area contributed by atoms with Crippen molar-refractivity contribution >= 4 is 10.9 Å². The van der Waals surface area contributed by atoms with E-state index in [0.717, 1.165) is 16.5 Å². The molecule has 0 amide bonds. The Kier molecular flexibility index (Phi) is 2.49. The highest BCUT2D eigenvalue weighted by Crippen LogP contribution is 2.27. The summed E-state index contributed by atoms with van der Waals surface area (Å²) in [6.45, 7) is 2.63. The fourth-order valence-corrected chi connectivity index (χ4v) is 1.91. The lowest BCUT2D eigenvalue weighted by atomic mass is 10.0. The molecule has 0 saturated carbocycles. The fourth-order valence-electron chi connectivity index (χ4n) is 1.91. The molecule has 0 bridgehead atoms. The van der Waals surface area contributed by atoms with Crippen LogP contribution in [0.4, 0.5) is 4.39 Å². The summed E-state index contributed by atoms with van der Waals surface area (Å²) in [5.41, 5.74) is 7.81. The first-order valence-corrected chi connectivity index (χ1v) is 5.08. The molecule has 1 atom stereocenters. The maximum absolute atomic E-state index is 13.2. The van der Waals surface area contributed by atoms with Crippen molar-refractivity contribution in [2.24, 2.45) is 12.8 Å². The average Bonchev–Trinajstić information content (AvgIpc) is 2.54. The van der Waals surface area contributed by atoms with Crippen LogP contribution >= 0.6 is 0 Å². The first kappa shape index (κ1) is 10.2. The summed E-state index contributed by atoms with van der Waals surface area (Å²) in [5.74, 6) is 0.0645. The number of nitrogens with zero attached hydrogens (tertiary/aromatic N) is 1.